The van der Waals surface area contributed by atoms with Crippen LogP contribution in [0.4, 0.5) is 0 Å². The molecule has 110 valence electrons. The second kappa shape index (κ2) is 7.49. The summed E-state index contributed by atoms with van der Waals surface area (Å²) in [6.45, 7) is 13.9. The molecule has 0 aromatic carbocycles. The minimum atomic E-state index is -2.95. The smallest absolute Gasteiger partial charge is 0.155 e. The zero-order valence-corrected chi connectivity index (χ0v) is 13.7. The van der Waals surface area contributed by atoms with Crippen molar-refractivity contribution in [1.29, 1.82) is 0 Å². The summed E-state index contributed by atoms with van der Waals surface area (Å²) in [6, 6.07) is 0. The van der Waals surface area contributed by atoms with Gasteiger partial charge in [-0.05, 0) is 58.5 Å². The molecule has 0 aromatic heterocycles. The van der Waals surface area contributed by atoms with Crippen LogP contribution in [0.3, 0.4) is 0 Å². The average molecular weight is 277 g/mol. The molecule has 1 atom stereocenters. The van der Waals surface area contributed by atoms with Crippen LogP contribution in [0.2, 0.25) is 0 Å². The zero-order valence-electron chi connectivity index (χ0n) is 12.9. The highest BCUT2D eigenvalue weighted by Crippen LogP contribution is 2.18. The highest BCUT2D eigenvalue weighted by molar-refractivity contribution is 7.92. The molecule has 1 N–H and O–H groups in total. The molecule has 1 unspecified atom stereocenters. The molecule has 0 aliphatic heterocycles. The molecule has 0 heterocycles. The van der Waals surface area contributed by atoms with Crippen LogP contribution >= 0.6 is 0 Å². The molecule has 0 aliphatic rings. The molecule has 0 amide bonds. The van der Waals surface area contributed by atoms with Crippen molar-refractivity contribution in [3.63, 3.8) is 0 Å². The summed E-state index contributed by atoms with van der Waals surface area (Å²) in [7, 11) is -2.95. The van der Waals surface area contributed by atoms with Crippen LogP contribution in [0.15, 0.2) is 0 Å². The van der Waals surface area contributed by atoms with E-state index < -0.39 is 14.6 Å². The number of nitrogens with one attached hydrogen (secondary N) is 1. The number of sulfone groups is 1. The fourth-order valence-corrected chi connectivity index (χ4v) is 2.81. The normalized spacial score (nSPS) is 15.1. The fourth-order valence-electron chi connectivity index (χ4n) is 1.65. The van der Waals surface area contributed by atoms with Gasteiger partial charge in [0.25, 0.3) is 0 Å². The molecule has 0 radical (unpaired) electrons. The summed E-state index contributed by atoms with van der Waals surface area (Å²) in [5.74, 6) is 1.52. The van der Waals surface area contributed by atoms with E-state index in [0.29, 0.717) is 17.6 Å². The number of hydrogen-bond acceptors (Lipinski definition) is 3. The summed E-state index contributed by atoms with van der Waals surface area (Å²) >= 11 is 0. The van der Waals surface area contributed by atoms with Gasteiger partial charge in [0.05, 0.1) is 10.5 Å². The quantitative estimate of drug-likeness (QED) is 0.742. The Kier molecular flexibility index (Phi) is 7.45. The van der Waals surface area contributed by atoms with Crippen LogP contribution in [0.5, 0.6) is 0 Å². The average Bonchev–Trinajstić information content (AvgIpc) is 2.14. The lowest BCUT2D eigenvalue weighted by Gasteiger charge is -2.20. The third-order valence-electron chi connectivity index (χ3n) is 3.09. The Morgan fingerprint density at radius 1 is 1.06 bits per heavy atom. The SMILES string of the molecule is CC(C)CNCC(C)CCCS(=O)(=O)C(C)(C)C. The van der Waals surface area contributed by atoms with Crippen LogP contribution in [-0.2, 0) is 9.84 Å². The van der Waals surface area contributed by atoms with Crippen molar-refractivity contribution in [2.45, 2.75) is 59.1 Å². The van der Waals surface area contributed by atoms with Gasteiger partial charge in [-0.1, -0.05) is 20.8 Å². The second-order valence-corrected chi connectivity index (χ2v) is 9.59. The Morgan fingerprint density at radius 2 is 1.61 bits per heavy atom. The molecule has 0 rings (SSSR count). The van der Waals surface area contributed by atoms with Crippen LogP contribution < -0.4 is 5.32 Å². The van der Waals surface area contributed by atoms with E-state index >= 15 is 0 Å². The first-order valence-electron chi connectivity index (χ1n) is 6.99. The minimum Gasteiger partial charge on any atom is -0.316 e. The third kappa shape index (κ3) is 7.37. The van der Waals surface area contributed by atoms with Crippen molar-refractivity contribution in [2.75, 3.05) is 18.8 Å². The Balaban J connectivity index is 3.85. The van der Waals surface area contributed by atoms with Crippen molar-refractivity contribution in [1.82, 2.24) is 5.32 Å². The monoisotopic (exact) mass is 277 g/mol. The molecule has 0 aliphatic carbocycles. The summed E-state index contributed by atoms with van der Waals surface area (Å²) < 4.78 is 23.2. The maximum atomic E-state index is 11.9. The van der Waals surface area contributed by atoms with E-state index in [9.17, 15) is 8.42 Å². The van der Waals surface area contributed by atoms with Crippen LogP contribution in [0.25, 0.3) is 0 Å². The van der Waals surface area contributed by atoms with E-state index in [1.165, 1.54) is 0 Å². The van der Waals surface area contributed by atoms with Gasteiger partial charge >= 0.3 is 0 Å². The molecule has 0 bridgehead atoms. The summed E-state index contributed by atoms with van der Waals surface area (Å²) in [5, 5.41) is 3.41. The number of rotatable bonds is 8. The van der Waals surface area contributed by atoms with Gasteiger partial charge in [0.1, 0.15) is 0 Å². The number of hydrogen-bond donors (Lipinski definition) is 1. The van der Waals surface area contributed by atoms with Gasteiger partial charge in [0, 0.05) is 0 Å². The summed E-state index contributed by atoms with van der Waals surface area (Å²) in [6.07, 6.45) is 1.74. The molecule has 3 nitrogen and oxygen atoms in total. The maximum Gasteiger partial charge on any atom is 0.155 e. The van der Waals surface area contributed by atoms with Gasteiger partial charge < -0.3 is 5.32 Å². The van der Waals surface area contributed by atoms with Crippen LogP contribution in [0, 0.1) is 11.8 Å². The van der Waals surface area contributed by atoms with Gasteiger partial charge in [-0.15, -0.1) is 0 Å². The lowest BCUT2D eigenvalue weighted by Crippen LogP contribution is -2.31. The van der Waals surface area contributed by atoms with Crippen LogP contribution in [-0.4, -0.2) is 32.0 Å². The summed E-state index contributed by atoms with van der Waals surface area (Å²) in [5.41, 5.74) is 0. The molecular formula is C14H31NO2S. The molecule has 0 saturated carbocycles. The molecular weight excluding hydrogens is 246 g/mol. The van der Waals surface area contributed by atoms with Gasteiger partial charge in [-0.3, -0.25) is 0 Å². The first-order chi connectivity index (χ1) is 8.06. The standard InChI is InChI=1S/C14H31NO2S/c1-12(2)10-15-11-13(3)8-7-9-18(16,17)14(4,5)6/h12-13,15H,7-11H2,1-6H3. The largest absolute Gasteiger partial charge is 0.316 e. The lowest BCUT2D eigenvalue weighted by atomic mass is 10.1. The highest BCUT2D eigenvalue weighted by Gasteiger charge is 2.28. The van der Waals surface area contributed by atoms with Crippen molar-refractivity contribution in [3.05, 3.63) is 0 Å². The zero-order chi connectivity index (χ0) is 14.4. The predicted octanol–water partition coefficient (Wildman–Crippen LogP) is 2.86. The first kappa shape index (κ1) is 17.9. The van der Waals surface area contributed by atoms with E-state index in [-0.39, 0.29) is 0 Å². The van der Waals surface area contributed by atoms with Gasteiger partial charge in [0.2, 0.25) is 0 Å². The Bertz CT molecular complexity index is 315. The minimum absolute atomic E-state index is 0.311. The fraction of sp³-hybridized carbons (Fsp3) is 1.00. The molecule has 0 aromatic rings. The van der Waals surface area contributed by atoms with Gasteiger partial charge in [-0.2, -0.15) is 0 Å². The van der Waals surface area contributed by atoms with E-state index in [1.807, 2.05) is 0 Å². The molecule has 0 saturated heterocycles. The molecule has 4 heteroatoms. The van der Waals surface area contributed by atoms with Crippen molar-refractivity contribution < 1.29 is 8.42 Å². The van der Waals surface area contributed by atoms with E-state index in [2.05, 4.69) is 26.1 Å². The first-order valence-corrected chi connectivity index (χ1v) is 8.64. The van der Waals surface area contributed by atoms with Crippen molar-refractivity contribution in [2.24, 2.45) is 11.8 Å². The topological polar surface area (TPSA) is 46.2 Å². The second-order valence-electron chi connectivity index (χ2n) is 6.73. The lowest BCUT2D eigenvalue weighted by molar-refractivity contribution is 0.449. The molecule has 0 spiro atoms. The van der Waals surface area contributed by atoms with E-state index in [0.717, 1.165) is 25.9 Å². The highest BCUT2D eigenvalue weighted by atomic mass is 32.2. The Labute approximate surface area is 114 Å². The predicted molar refractivity (Wildman–Crippen MR) is 79.6 cm³/mol. The van der Waals surface area contributed by atoms with Crippen molar-refractivity contribution >= 4 is 9.84 Å². The molecule has 0 fully saturated rings. The Morgan fingerprint density at radius 3 is 2.06 bits per heavy atom. The van der Waals surface area contributed by atoms with Gasteiger partial charge in [0.15, 0.2) is 9.84 Å². The molecule has 18 heavy (non-hydrogen) atoms. The van der Waals surface area contributed by atoms with Crippen molar-refractivity contribution in [3.8, 4) is 0 Å². The summed E-state index contributed by atoms with van der Waals surface area (Å²) in [4.78, 5) is 0. The van der Waals surface area contributed by atoms with Gasteiger partial charge in [-0.25, -0.2) is 8.42 Å². The van der Waals surface area contributed by atoms with E-state index in [1.54, 1.807) is 20.8 Å². The van der Waals surface area contributed by atoms with Crippen LogP contribution in [0.1, 0.15) is 54.4 Å². The maximum absolute atomic E-state index is 11.9. The third-order valence-corrected chi connectivity index (χ3v) is 5.78. The Hall–Kier alpha value is -0.0900. The van der Waals surface area contributed by atoms with E-state index in [4.69, 9.17) is 0 Å².